The number of aromatic nitrogens is 3. The molecule has 2 aromatic carbocycles. The highest BCUT2D eigenvalue weighted by Crippen LogP contribution is 2.30. The van der Waals surface area contributed by atoms with E-state index in [2.05, 4.69) is 49.4 Å². The number of fused-ring (bicyclic) bond motifs is 1. The van der Waals surface area contributed by atoms with Gasteiger partial charge in [-0.25, -0.2) is 14.4 Å². The third-order valence-electron chi connectivity index (χ3n) is 5.48. The maximum absolute atomic E-state index is 13.4. The van der Waals surface area contributed by atoms with Crippen LogP contribution < -0.4 is 5.32 Å². The third kappa shape index (κ3) is 3.88. The molecule has 4 aromatic rings. The molecule has 0 radical (unpaired) electrons. The second kappa shape index (κ2) is 8.05. The van der Waals surface area contributed by atoms with E-state index < -0.39 is 5.82 Å². The Balaban J connectivity index is 1.40. The molecule has 1 aliphatic heterocycles. The van der Waals surface area contributed by atoms with E-state index >= 15 is 0 Å². The number of rotatable bonds is 5. The number of nitrogens with one attached hydrogen (secondary N) is 2. The van der Waals surface area contributed by atoms with Crippen molar-refractivity contribution in [2.75, 3.05) is 18.4 Å². The zero-order valence-corrected chi connectivity index (χ0v) is 17.1. The van der Waals surface area contributed by atoms with Crippen LogP contribution >= 0.6 is 11.6 Å². The Labute approximate surface area is 178 Å². The van der Waals surface area contributed by atoms with Gasteiger partial charge in [-0.2, -0.15) is 0 Å². The smallest absolute Gasteiger partial charge is 0.143 e. The van der Waals surface area contributed by atoms with Crippen molar-refractivity contribution in [1.82, 2.24) is 19.9 Å². The van der Waals surface area contributed by atoms with Crippen molar-refractivity contribution < 1.29 is 4.39 Å². The van der Waals surface area contributed by atoms with Crippen LogP contribution in [0.25, 0.3) is 22.3 Å². The molecule has 5 rings (SSSR count). The van der Waals surface area contributed by atoms with Gasteiger partial charge < -0.3 is 10.3 Å². The highest BCUT2D eigenvalue weighted by molar-refractivity contribution is 6.31. The molecule has 0 unspecified atom stereocenters. The molecular weight excluding hydrogens is 401 g/mol. The molecule has 0 spiro atoms. The Kier molecular flexibility index (Phi) is 5.11. The van der Waals surface area contributed by atoms with Crippen LogP contribution in [-0.4, -0.2) is 32.9 Å². The van der Waals surface area contributed by atoms with Gasteiger partial charge in [0.05, 0.1) is 10.4 Å². The van der Waals surface area contributed by atoms with Crippen molar-refractivity contribution in [2.24, 2.45) is 0 Å². The predicted molar refractivity (Wildman–Crippen MR) is 119 cm³/mol. The van der Waals surface area contributed by atoms with Crippen LogP contribution in [0.1, 0.15) is 18.4 Å². The van der Waals surface area contributed by atoms with Crippen molar-refractivity contribution >= 4 is 34.1 Å². The van der Waals surface area contributed by atoms with E-state index in [1.807, 2.05) is 6.07 Å². The number of nitrogens with zero attached hydrogens (tertiary/aromatic N) is 3. The van der Waals surface area contributed by atoms with Gasteiger partial charge in [0.2, 0.25) is 0 Å². The first kappa shape index (κ1) is 19.0. The molecule has 1 aliphatic rings. The minimum atomic E-state index is -0.452. The van der Waals surface area contributed by atoms with Crippen molar-refractivity contribution in [1.29, 1.82) is 0 Å². The number of hydrogen-bond donors (Lipinski definition) is 2. The van der Waals surface area contributed by atoms with Gasteiger partial charge in [-0.05, 0) is 61.3 Å². The number of likely N-dealkylation sites (tertiary alicyclic amines) is 1. The number of H-pyrrole nitrogens is 1. The fraction of sp³-hybridized carbons (Fsp3) is 0.217. The SMILES string of the molecule is Fc1ccc(Nc2ncnc3[nH]c(-c4ccc(CN5CCCC5)cc4)cc23)cc1Cl. The summed E-state index contributed by atoms with van der Waals surface area (Å²) < 4.78 is 13.4. The van der Waals surface area contributed by atoms with Gasteiger partial charge in [-0.15, -0.1) is 0 Å². The highest BCUT2D eigenvalue weighted by atomic mass is 35.5. The molecule has 7 heteroatoms. The van der Waals surface area contributed by atoms with Crippen LogP contribution in [0.3, 0.4) is 0 Å². The molecular formula is C23H21ClFN5. The maximum atomic E-state index is 13.4. The molecule has 2 aromatic heterocycles. The first-order valence-electron chi connectivity index (χ1n) is 10.0. The molecule has 0 atom stereocenters. The summed E-state index contributed by atoms with van der Waals surface area (Å²) in [6.45, 7) is 3.39. The Morgan fingerprint density at radius 3 is 2.60 bits per heavy atom. The molecule has 5 nitrogen and oxygen atoms in total. The van der Waals surface area contributed by atoms with Gasteiger partial charge in [0.25, 0.3) is 0 Å². The molecule has 152 valence electrons. The number of anilines is 2. The first-order chi connectivity index (χ1) is 14.7. The fourth-order valence-electron chi connectivity index (χ4n) is 3.89. The Morgan fingerprint density at radius 2 is 1.83 bits per heavy atom. The van der Waals surface area contributed by atoms with Gasteiger partial charge in [-0.1, -0.05) is 35.9 Å². The average Bonchev–Trinajstić information content (AvgIpc) is 3.42. The van der Waals surface area contributed by atoms with E-state index in [9.17, 15) is 4.39 Å². The fourth-order valence-corrected chi connectivity index (χ4v) is 4.07. The molecule has 0 bridgehead atoms. The van der Waals surface area contributed by atoms with Crippen molar-refractivity contribution in [3.8, 4) is 11.3 Å². The maximum Gasteiger partial charge on any atom is 0.143 e. The number of aromatic amines is 1. The summed E-state index contributed by atoms with van der Waals surface area (Å²) in [5, 5.41) is 4.12. The molecule has 1 saturated heterocycles. The Bertz CT molecular complexity index is 1180. The van der Waals surface area contributed by atoms with E-state index in [0.29, 0.717) is 11.5 Å². The largest absolute Gasteiger partial charge is 0.340 e. The predicted octanol–water partition coefficient (Wildman–Crippen LogP) is 5.76. The van der Waals surface area contributed by atoms with Crippen LogP contribution in [0.15, 0.2) is 54.9 Å². The van der Waals surface area contributed by atoms with Crippen LogP contribution in [0.2, 0.25) is 5.02 Å². The summed E-state index contributed by atoms with van der Waals surface area (Å²) in [4.78, 5) is 14.6. The lowest BCUT2D eigenvalue weighted by Crippen LogP contribution is -2.18. The van der Waals surface area contributed by atoms with E-state index in [4.69, 9.17) is 11.6 Å². The Hall–Kier alpha value is -2.96. The molecule has 30 heavy (non-hydrogen) atoms. The zero-order valence-electron chi connectivity index (χ0n) is 16.3. The quantitative estimate of drug-likeness (QED) is 0.430. The van der Waals surface area contributed by atoms with Gasteiger partial charge in [0.1, 0.15) is 23.6 Å². The van der Waals surface area contributed by atoms with E-state index in [1.54, 1.807) is 6.07 Å². The molecule has 1 fully saturated rings. The molecule has 2 N–H and O–H groups in total. The lowest BCUT2D eigenvalue weighted by Gasteiger charge is -2.14. The van der Waals surface area contributed by atoms with E-state index in [0.717, 1.165) is 28.8 Å². The number of benzene rings is 2. The van der Waals surface area contributed by atoms with Crippen molar-refractivity contribution in [3.05, 3.63) is 71.3 Å². The lowest BCUT2D eigenvalue weighted by atomic mass is 10.1. The molecule has 3 heterocycles. The monoisotopic (exact) mass is 421 g/mol. The number of hydrogen-bond acceptors (Lipinski definition) is 4. The van der Waals surface area contributed by atoms with Gasteiger partial charge in [0, 0.05) is 17.9 Å². The number of halogens is 2. The summed E-state index contributed by atoms with van der Waals surface area (Å²) in [5.74, 6) is 0.183. The second-order valence-electron chi connectivity index (χ2n) is 7.60. The van der Waals surface area contributed by atoms with Gasteiger partial charge in [-0.3, -0.25) is 4.90 Å². The van der Waals surface area contributed by atoms with Crippen molar-refractivity contribution in [3.63, 3.8) is 0 Å². The average molecular weight is 422 g/mol. The Morgan fingerprint density at radius 1 is 1.03 bits per heavy atom. The van der Waals surface area contributed by atoms with Crippen LogP contribution in [0, 0.1) is 5.82 Å². The second-order valence-corrected chi connectivity index (χ2v) is 8.01. The van der Waals surface area contributed by atoms with E-state index in [1.165, 1.54) is 50.0 Å². The lowest BCUT2D eigenvalue weighted by molar-refractivity contribution is 0.331. The zero-order chi connectivity index (χ0) is 20.5. The van der Waals surface area contributed by atoms with Crippen LogP contribution in [-0.2, 0) is 6.54 Å². The van der Waals surface area contributed by atoms with Gasteiger partial charge >= 0.3 is 0 Å². The molecule has 0 amide bonds. The summed E-state index contributed by atoms with van der Waals surface area (Å²) in [7, 11) is 0. The highest BCUT2D eigenvalue weighted by Gasteiger charge is 2.13. The summed E-state index contributed by atoms with van der Waals surface area (Å²) in [6, 6.07) is 15.2. The first-order valence-corrected chi connectivity index (χ1v) is 10.4. The molecule has 0 aliphatic carbocycles. The topological polar surface area (TPSA) is 56.8 Å². The minimum absolute atomic E-state index is 0.0640. The van der Waals surface area contributed by atoms with Gasteiger partial charge in [0.15, 0.2) is 0 Å². The van der Waals surface area contributed by atoms with Crippen molar-refractivity contribution in [2.45, 2.75) is 19.4 Å². The van der Waals surface area contributed by atoms with Crippen LogP contribution in [0.4, 0.5) is 15.9 Å². The summed E-state index contributed by atoms with van der Waals surface area (Å²) >= 11 is 5.89. The summed E-state index contributed by atoms with van der Waals surface area (Å²) in [5.41, 5.74) is 4.78. The third-order valence-corrected chi connectivity index (χ3v) is 5.77. The summed E-state index contributed by atoms with van der Waals surface area (Å²) in [6.07, 6.45) is 4.10. The normalized spacial score (nSPS) is 14.5. The van der Waals surface area contributed by atoms with E-state index in [-0.39, 0.29) is 5.02 Å². The molecule has 0 saturated carbocycles. The van der Waals surface area contributed by atoms with Crippen LogP contribution in [0.5, 0.6) is 0 Å². The standard InChI is InChI=1S/C23H21ClFN5/c24-19-11-17(7-8-20(19)25)28-22-18-12-21(29-23(18)27-14-26-22)16-5-3-15(4-6-16)13-30-9-1-2-10-30/h3-8,11-12,14H,1-2,9-10,13H2,(H2,26,27,28,29). The minimum Gasteiger partial charge on any atom is -0.340 e.